The third-order valence-electron chi connectivity index (χ3n) is 8.76. The number of H-pyrrole nitrogens is 1. The Balaban J connectivity index is 1.29. The van der Waals surface area contributed by atoms with Crippen molar-refractivity contribution in [1.29, 1.82) is 0 Å². The largest absolute Gasteiger partial charge is 0.508 e. The van der Waals surface area contributed by atoms with Crippen molar-refractivity contribution in [2.24, 2.45) is 16.5 Å². The van der Waals surface area contributed by atoms with Crippen LogP contribution in [0.3, 0.4) is 0 Å². The molecule has 0 aliphatic heterocycles. The van der Waals surface area contributed by atoms with E-state index >= 15 is 0 Å². The van der Waals surface area contributed by atoms with Crippen LogP contribution in [-0.2, 0) is 40.1 Å². The summed E-state index contributed by atoms with van der Waals surface area (Å²) in [6, 6.07) is 21.7. The van der Waals surface area contributed by atoms with E-state index in [2.05, 4.69) is 25.9 Å². The van der Waals surface area contributed by atoms with Crippen LogP contribution in [0.2, 0.25) is 0 Å². The van der Waals surface area contributed by atoms with Crippen LogP contribution in [0, 0.1) is 0 Å². The summed E-state index contributed by atoms with van der Waals surface area (Å²) in [6.07, 6.45) is 5.25. The van der Waals surface area contributed by atoms with Crippen LogP contribution in [-0.4, -0.2) is 58.4 Å². The van der Waals surface area contributed by atoms with E-state index in [1.807, 2.05) is 54.7 Å². The number of aromatic nitrogens is 1. The first-order valence-corrected chi connectivity index (χ1v) is 16.1. The number of hydrogen-bond acceptors (Lipinski definition) is 5. The molecule has 1 heterocycles. The molecule has 5 rings (SSSR count). The van der Waals surface area contributed by atoms with Crippen LogP contribution in [0.25, 0.3) is 10.9 Å². The van der Waals surface area contributed by atoms with Gasteiger partial charge in [0.2, 0.25) is 17.7 Å². The second kappa shape index (κ2) is 15.3. The van der Waals surface area contributed by atoms with Gasteiger partial charge in [-0.1, -0.05) is 54.6 Å². The Hall–Kier alpha value is -5.32. The van der Waals surface area contributed by atoms with Crippen molar-refractivity contribution in [2.75, 3.05) is 13.1 Å². The van der Waals surface area contributed by atoms with Crippen molar-refractivity contribution >= 4 is 34.6 Å². The third kappa shape index (κ3) is 8.69. The molecule has 9 N–H and O–H groups in total. The summed E-state index contributed by atoms with van der Waals surface area (Å²) in [6.45, 7) is 0.692. The molecule has 0 fully saturated rings. The van der Waals surface area contributed by atoms with E-state index in [9.17, 15) is 19.5 Å². The van der Waals surface area contributed by atoms with E-state index in [4.69, 9.17) is 11.5 Å². The van der Waals surface area contributed by atoms with Crippen molar-refractivity contribution in [1.82, 2.24) is 20.9 Å². The summed E-state index contributed by atoms with van der Waals surface area (Å²) in [7, 11) is 0. The molecule has 0 saturated heterocycles. The first kappa shape index (κ1) is 33.1. The maximum atomic E-state index is 14.2. The van der Waals surface area contributed by atoms with Gasteiger partial charge in [0, 0.05) is 43.0 Å². The Kier molecular flexibility index (Phi) is 10.8. The van der Waals surface area contributed by atoms with Crippen LogP contribution in [0.15, 0.2) is 84.0 Å². The number of aromatic amines is 1. The second-order valence-electron chi connectivity index (χ2n) is 12.1. The number of nitrogens with zero attached hydrogens (tertiary/aromatic N) is 1. The summed E-state index contributed by atoms with van der Waals surface area (Å²) >= 11 is 0. The zero-order valence-corrected chi connectivity index (χ0v) is 26.4. The summed E-state index contributed by atoms with van der Waals surface area (Å²) in [5.74, 6) is -0.857. The number of rotatable bonds is 14. The molecule has 1 aliphatic rings. The molecule has 1 aromatic heterocycles. The molecule has 3 aromatic carbocycles. The number of amides is 3. The minimum atomic E-state index is -1.23. The van der Waals surface area contributed by atoms with Crippen LogP contribution in [0.1, 0.15) is 47.9 Å². The first-order valence-electron chi connectivity index (χ1n) is 16.1. The molecule has 3 amide bonds. The minimum absolute atomic E-state index is 0.0383. The van der Waals surface area contributed by atoms with E-state index in [-0.39, 0.29) is 29.9 Å². The van der Waals surface area contributed by atoms with Gasteiger partial charge in [-0.2, -0.15) is 0 Å². The number of carbonyl (C=O) groups is 3. The standard InChI is InChI=1S/C36H43N7O4/c37-35(38)40-20-5-10-31(33(46)39-21-18-27-23-41-30-9-4-3-8-29(27)30)42-34(47)36(19-17-25-6-1-2-7-26(25)22-36)43-32(45)16-13-24-11-14-28(44)15-12-24/h1-4,6-9,11-12,14-15,23,31,41,44H,5,10,13,16-22H2,(H,39,46)(H,42,47)(H,43,45)(H4,37,38,40)/t31-,36?/m0/s1. The Morgan fingerprint density at radius 2 is 1.70 bits per heavy atom. The summed E-state index contributed by atoms with van der Waals surface area (Å²) < 4.78 is 0. The van der Waals surface area contributed by atoms with Gasteiger partial charge in [-0.05, 0) is 79.0 Å². The summed E-state index contributed by atoms with van der Waals surface area (Å²) in [5.41, 5.74) is 14.9. The van der Waals surface area contributed by atoms with Crippen molar-refractivity contribution < 1.29 is 19.5 Å². The lowest BCUT2D eigenvalue weighted by molar-refractivity contribution is -0.136. The normalized spacial score (nSPS) is 16.1. The lowest BCUT2D eigenvalue weighted by atomic mass is 9.77. The second-order valence-corrected chi connectivity index (χ2v) is 12.1. The van der Waals surface area contributed by atoms with Crippen LogP contribution >= 0.6 is 0 Å². The molecule has 0 bridgehead atoms. The Morgan fingerprint density at radius 3 is 2.49 bits per heavy atom. The lowest BCUT2D eigenvalue weighted by Crippen LogP contribution is -2.64. The number of aliphatic imine (C=N–C) groups is 1. The fourth-order valence-corrected chi connectivity index (χ4v) is 6.19. The fraction of sp³-hybridized carbons (Fsp3) is 0.333. The molecule has 1 aliphatic carbocycles. The van der Waals surface area contributed by atoms with Gasteiger partial charge in [0.05, 0.1) is 0 Å². The Labute approximate surface area is 274 Å². The van der Waals surface area contributed by atoms with Gasteiger partial charge < -0.3 is 37.5 Å². The topological polar surface area (TPSA) is 188 Å². The maximum absolute atomic E-state index is 14.2. The quantitative estimate of drug-likeness (QED) is 0.0633. The highest BCUT2D eigenvalue weighted by Gasteiger charge is 2.43. The third-order valence-corrected chi connectivity index (χ3v) is 8.76. The van der Waals surface area contributed by atoms with E-state index in [1.54, 1.807) is 24.3 Å². The summed E-state index contributed by atoms with van der Waals surface area (Å²) in [4.78, 5) is 48.4. The SMILES string of the molecule is NC(N)=NCCC[C@H](NC(=O)C1(NC(=O)CCc2ccc(O)cc2)CCc2ccccc2C1)C(=O)NCCc1c[nH]c2ccccc12. The van der Waals surface area contributed by atoms with Crippen molar-refractivity contribution in [3.63, 3.8) is 0 Å². The number of para-hydroxylation sites is 1. The predicted molar refractivity (Wildman–Crippen MR) is 183 cm³/mol. The van der Waals surface area contributed by atoms with Gasteiger partial charge in [0.15, 0.2) is 5.96 Å². The molecule has 11 nitrogen and oxygen atoms in total. The number of aromatic hydroxyl groups is 1. The number of carbonyl (C=O) groups excluding carboxylic acids is 3. The number of nitrogens with two attached hydrogens (primary N) is 2. The minimum Gasteiger partial charge on any atom is -0.508 e. The van der Waals surface area contributed by atoms with Gasteiger partial charge >= 0.3 is 0 Å². The van der Waals surface area contributed by atoms with Gasteiger partial charge in [0.1, 0.15) is 17.3 Å². The molecule has 0 spiro atoms. The molecular formula is C36H43N7O4. The monoisotopic (exact) mass is 637 g/mol. The van der Waals surface area contributed by atoms with E-state index < -0.39 is 17.5 Å². The van der Waals surface area contributed by atoms with Gasteiger partial charge in [-0.3, -0.25) is 19.4 Å². The van der Waals surface area contributed by atoms with Gasteiger partial charge in [0.25, 0.3) is 0 Å². The van der Waals surface area contributed by atoms with E-state index in [1.165, 1.54) is 0 Å². The highest BCUT2D eigenvalue weighted by molar-refractivity contribution is 5.95. The number of fused-ring (bicyclic) bond motifs is 2. The highest BCUT2D eigenvalue weighted by atomic mass is 16.3. The Bertz CT molecular complexity index is 1730. The Morgan fingerprint density at radius 1 is 0.957 bits per heavy atom. The molecule has 0 saturated carbocycles. The van der Waals surface area contributed by atoms with Gasteiger partial charge in [-0.25, -0.2) is 0 Å². The smallest absolute Gasteiger partial charge is 0.246 e. The number of aryl methyl sites for hydroxylation is 2. The lowest BCUT2D eigenvalue weighted by Gasteiger charge is -2.38. The number of phenolic OH excluding ortho intramolecular Hbond substituents is 1. The van der Waals surface area contributed by atoms with E-state index in [0.29, 0.717) is 58.0 Å². The zero-order chi connectivity index (χ0) is 33.2. The molecular weight excluding hydrogens is 594 g/mol. The molecule has 0 radical (unpaired) electrons. The molecule has 2 atom stereocenters. The number of guanidine groups is 1. The number of nitrogens with one attached hydrogen (secondary N) is 4. The highest BCUT2D eigenvalue weighted by Crippen LogP contribution is 2.30. The zero-order valence-electron chi connectivity index (χ0n) is 26.4. The van der Waals surface area contributed by atoms with Crippen LogP contribution in [0.4, 0.5) is 0 Å². The molecule has 246 valence electrons. The van der Waals surface area contributed by atoms with Crippen LogP contribution < -0.4 is 27.4 Å². The van der Waals surface area contributed by atoms with E-state index in [0.717, 1.165) is 33.2 Å². The number of phenols is 1. The fourth-order valence-electron chi connectivity index (χ4n) is 6.19. The van der Waals surface area contributed by atoms with Crippen molar-refractivity contribution in [3.8, 4) is 5.75 Å². The molecule has 4 aromatic rings. The molecule has 1 unspecified atom stereocenters. The molecule has 11 heteroatoms. The van der Waals surface area contributed by atoms with Crippen LogP contribution in [0.5, 0.6) is 5.75 Å². The predicted octanol–water partition coefficient (Wildman–Crippen LogP) is 2.75. The number of hydrogen-bond donors (Lipinski definition) is 7. The van der Waals surface area contributed by atoms with Crippen molar-refractivity contribution in [2.45, 2.75) is 62.9 Å². The van der Waals surface area contributed by atoms with Crippen molar-refractivity contribution in [3.05, 3.63) is 101 Å². The average molecular weight is 638 g/mol. The first-order chi connectivity index (χ1) is 22.7. The maximum Gasteiger partial charge on any atom is 0.246 e. The molecule has 47 heavy (non-hydrogen) atoms. The average Bonchev–Trinajstić information content (AvgIpc) is 3.48. The van der Waals surface area contributed by atoms with Gasteiger partial charge in [-0.15, -0.1) is 0 Å². The summed E-state index contributed by atoms with van der Waals surface area (Å²) in [5, 5.41) is 19.7. The number of benzene rings is 3.